The summed E-state index contributed by atoms with van der Waals surface area (Å²) in [5, 5.41) is 4.87. The fourth-order valence-corrected chi connectivity index (χ4v) is 3.70. The molecule has 148 valence electrons. The van der Waals surface area contributed by atoms with Crippen LogP contribution in [0.5, 0.6) is 0 Å². The van der Waals surface area contributed by atoms with E-state index < -0.39 is 12.0 Å². The quantitative estimate of drug-likeness (QED) is 0.454. The van der Waals surface area contributed by atoms with Crippen LogP contribution in [-0.4, -0.2) is 35.0 Å². The van der Waals surface area contributed by atoms with Gasteiger partial charge < -0.3 is 20.0 Å². The van der Waals surface area contributed by atoms with E-state index in [1.807, 2.05) is 56.4 Å². The Hall–Kier alpha value is -3.54. The molecule has 0 fully saturated rings. The summed E-state index contributed by atoms with van der Waals surface area (Å²) in [4.78, 5) is 31.7. The van der Waals surface area contributed by atoms with Crippen LogP contribution in [0.4, 0.5) is 0 Å². The lowest BCUT2D eigenvalue weighted by Gasteiger charge is -2.16. The summed E-state index contributed by atoms with van der Waals surface area (Å²) in [6.07, 6.45) is 2.21. The summed E-state index contributed by atoms with van der Waals surface area (Å²) in [5.74, 6) is -0.779. The normalized spacial score (nSPS) is 12.2. The van der Waals surface area contributed by atoms with Gasteiger partial charge in [-0.25, -0.2) is 4.79 Å². The summed E-state index contributed by atoms with van der Waals surface area (Å²) < 4.78 is 4.93. The van der Waals surface area contributed by atoms with Gasteiger partial charge in [-0.1, -0.05) is 18.2 Å². The second-order valence-electron chi connectivity index (χ2n) is 7.25. The molecule has 0 saturated carbocycles. The van der Waals surface area contributed by atoms with Crippen LogP contribution < -0.4 is 5.32 Å². The van der Waals surface area contributed by atoms with Crippen LogP contribution in [0.2, 0.25) is 0 Å². The number of fused-ring (bicyclic) bond motifs is 2. The van der Waals surface area contributed by atoms with Crippen molar-refractivity contribution in [3.63, 3.8) is 0 Å². The fraction of sp³-hybridized carbons (Fsp3) is 0.217. The average molecular weight is 389 g/mol. The Kier molecular flexibility index (Phi) is 4.84. The number of hydrogen-bond acceptors (Lipinski definition) is 3. The number of ether oxygens (including phenoxy) is 1. The number of aromatic nitrogens is 2. The number of esters is 1. The van der Waals surface area contributed by atoms with Crippen LogP contribution in [-0.2, 0) is 16.0 Å². The predicted octanol–water partition coefficient (Wildman–Crippen LogP) is 3.78. The van der Waals surface area contributed by atoms with Gasteiger partial charge in [-0.05, 0) is 49.2 Å². The van der Waals surface area contributed by atoms with Crippen molar-refractivity contribution in [1.29, 1.82) is 0 Å². The first kappa shape index (κ1) is 18.8. The highest BCUT2D eigenvalue weighted by atomic mass is 16.5. The maximum atomic E-state index is 12.9. The molecule has 4 aromatic rings. The van der Waals surface area contributed by atoms with E-state index in [1.165, 1.54) is 7.11 Å². The average Bonchev–Trinajstić information content (AvgIpc) is 3.27. The van der Waals surface area contributed by atoms with E-state index >= 15 is 0 Å². The van der Waals surface area contributed by atoms with Crippen molar-refractivity contribution in [3.05, 3.63) is 71.0 Å². The lowest BCUT2D eigenvalue weighted by atomic mass is 10.0. The van der Waals surface area contributed by atoms with Crippen molar-refractivity contribution in [3.8, 4) is 0 Å². The van der Waals surface area contributed by atoms with Crippen molar-refractivity contribution in [2.24, 2.45) is 0 Å². The van der Waals surface area contributed by atoms with Crippen LogP contribution in [0.25, 0.3) is 21.8 Å². The van der Waals surface area contributed by atoms with E-state index in [0.29, 0.717) is 12.0 Å². The number of rotatable bonds is 5. The summed E-state index contributed by atoms with van der Waals surface area (Å²) in [6, 6.07) is 12.6. The van der Waals surface area contributed by atoms with Gasteiger partial charge in [-0.3, -0.25) is 4.79 Å². The number of para-hydroxylation sites is 1. The third kappa shape index (κ3) is 3.49. The predicted molar refractivity (Wildman–Crippen MR) is 113 cm³/mol. The van der Waals surface area contributed by atoms with E-state index in [2.05, 4.69) is 15.3 Å². The third-order valence-electron chi connectivity index (χ3n) is 5.46. The number of hydrogen-bond donors (Lipinski definition) is 3. The van der Waals surface area contributed by atoms with Gasteiger partial charge in [-0.2, -0.15) is 0 Å². The molecule has 1 amide bonds. The first-order valence-electron chi connectivity index (χ1n) is 9.50. The SMILES string of the molecule is COC(=O)[C@@H](Cc1c[nH]c2ccccc12)NC(=O)c1ccc2[nH]c(C)c(C)c2c1. The zero-order valence-electron chi connectivity index (χ0n) is 16.6. The van der Waals surface area contributed by atoms with E-state index in [1.54, 1.807) is 6.07 Å². The molecule has 0 unspecified atom stereocenters. The molecule has 29 heavy (non-hydrogen) atoms. The Labute approximate surface area is 168 Å². The number of carbonyl (C=O) groups excluding carboxylic acids is 2. The summed E-state index contributed by atoms with van der Waals surface area (Å²) in [5.41, 5.74) is 5.61. The van der Waals surface area contributed by atoms with Crippen molar-refractivity contribution < 1.29 is 14.3 Å². The van der Waals surface area contributed by atoms with Gasteiger partial charge in [0.2, 0.25) is 0 Å². The molecule has 0 aliphatic heterocycles. The van der Waals surface area contributed by atoms with Crippen LogP contribution in [0.15, 0.2) is 48.7 Å². The number of amides is 1. The van der Waals surface area contributed by atoms with Gasteiger partial charge in [0.25, 0.3) is 5.91 Å². The van der Waals surface area contributed by atoms with E-state index in [0.717, 1.165) is 38.6 Å². The van der Waals surface area contributed by atoms with E-state index in [-0.39, 0.29) is 5.91 Å². The number of methoxy groups -OCH3 is 1. The molecule has 2 aromatic heterocycles. The number of carbonyl (C=O) groups is 2. The smallest absolute Gasteiger partial charge is 0.328 e. The molecule has 0 spiro atoms. The van der Waals surface area contributed by atoms with Gasteiger partial charge in [-0.15, -0.1) is 0 Å². The Balaban J connectivity index is 1.60. The molecule has 0 radical (unpaired) electrons. The molecule has 4 rings (SSSR count). The number of aromatic amines is 2. The summed E-state index contributed by atoms with van der Waals surface area (Å²) >= 11 is 0. The number of benzene rings is 2. The highest BCUT2D eigenvalue weighted by Crippen LogP contribution is 2.23. The highest BCUT2D eigenvalue weighted by molar-refractivity contribution is 6.00. The van der Waals surface area contributed by atoms with Gasteiger partial charge in [0, 0.05) is 45.7 Å². The summed E-state index contributed by atoms with van der Waals surface area (Å²) in [6.45, 7) is 4.02. The minimum absolute atomic E-state index is 0.305. The molecule has 3 N–H and O–H groups in total. The first-order valence-corrected chi connectivity index (χ1v) is 9.50. The molecular weight excluding hydrogens is 366 g/mol. The summed E-state index contributed by atoms with van der Waals surface area (Å²) in [7, 11) is 1.33. The van der Waals surface area contributed by atoms with Gasteiger partial charge >= 0.3 is 5.97 Å². The number of aryl methyl sites for hydroxylation is 2. The Morgan fingerprint density at radius 3 is 2.66 bits per heavy atom. The second kappa shape index (κ2) is 7.47. The molecule has 0 bridgehead atoms. The minimum atomic E-state index is -0.781. The van der Waals surface area contributed by atoms with Crippen LogP contribution >= 0.6 is 0 Å². The molecular formula is C23H23N3O3. The van der Waals surface area contributed by atoms with Crippen LogP contribution in [0, 0.1) is 13.8 Å². The lowest BCUT2D eigenvalue weighted by Crippen LogP contribution is -2.43. The van der Waals surface area contributed by atoms with E-state index in [4.69, 9.17) is 4.74 Å². The molecule has 1 atom stereocenters. The topological polar surface area (TPSA) is 87.0 Å². The maximum absolute atomic E-state index is 12.9. The molecule has 0 saturated heterocycles. The van der Waals surface area contributed by atoms with Crippen molar-refractivity contribution in [1.82, 2.24) is 15.3 Å². The standard InChI is InChI=1S/C23H23N3O3/c1-13-14(2)25-20-9-8-15(10-18(13)20)22(27)26-21(23(28)29-3)11-16-12-24-19-7-5-4-6-17(16)19/h4-10,12,21,24-25H,11H2,1-3H3,(H,26,27)/t21-/m1/s1. The second-order valence-corrected chi connectivity index (χ2v) is 7.25. The van der Waals surface area contributed by atoms with E-state index in [9.17, 15) is 9.59 Å². The molecule has 2 aromatic carbocycles. The molecule has 6 heteroatoms. The van der Waals surface area contributed by atoms with Crippen LogP contribution in [0.1, 0.15) is 27.2 Å². The Morgan fingerprint density at radius 1 is 1.07 bits per heavy atom. The van der Waals surface area contributed by atoms with Gasteiger partial charge in [0.15, 0.2) is 0 Å². The largest absolute Gasteiger partial charge is 0.467 e. The molecule has 0 aliphatic rings. The molecule has 6 nitrogen and oxygen atoms in total. The fourth-order valence-electron chi connectivity index (χ4n) is 3.70. The van der Waals surface area contributed by atoms with Crippen molar-refractivity contribution >= 4 is 33.7 Å². The van der Waals surface area contributed by atoms with Crippen molar-refractivity contribution in [2.45, 2.75) is 26.3 Å². The monoisotopic (exact) mass is 389 g/mol. The Morgan fingerprint density at radius 2 is 1.86 bits per heavy atom. The van der Waals surface area contributed by atoms with Crippen LogP contribution in [0.3, 0.4) is 0 Å². The number of H-pyrrole nitrogens is 2. The first-order chi connectivity index (χ1) is 14.0. The highest BCUT2D eigenvalue weighted by Gasteiger charge is 2.24. The minimum Gasteiger partial charge on any atom is -0.467 e. The maximum Gasteiger partial charge on any atom is 0.328 e. The Bertz CT molecular complexity index is 1220. The third-order valence-corrected chi connectivity index (χ3v) is 5.46. The zero-order chi connectivity index (χ0) is 20.5. The molecule has 0 aliphatic carbocycles. The van der Waals surface area contributed by atoms with Gasteiger partial charge in [0.1, 0.15) is 6.04 Å². The molecule has 2 heterocycles. The van der Waals surface area contributed by atoms with Crippen molar-refractivity contribution in [2.75, 3.05) is 7.11 Å². The number of nitrogens with one attached hydrogen (secondary N) is 3. The zero-order valence-corrected chi connectivity index (χ0v) is 16.6. The van der Waals surface area contributed by atoms with Gasteiger partial charge in [0.05, 0.1) is 7.11 Å². The lowest BCUT2D eigenvalue weighted by molar-refractivity contribution is -0.142.